The van der Waals surface area contributed by atoms with Crippen molar-refractivity contribution in [2.45, 2.75) is 31.3 Å². The summed E-state index contributed by atoms with van der Waals surface area (Å²) < 4.78 is 11.8. The second-order valence-corrected chi connectivity index (χ2v) is 7.19. The van der Waals surface area contributed by atoms with Gasteiger partial charge in [-0.05, 0) is 24.6 Å². The van der Waals surface area contributed by atoms with Gasteiger partial charge in [0, 0.05) is 5.02 Å². The molecule has 2 heterocycles. The van der Waals surface area contributed by atoms with Crippen LogP contribution in [-0.4, -0.2) is 24.5 Å². The van der Waals surface area contributed by atoms with Gasteiger partial charge in [0.05, 0.1) is 30.3 Å². The maximum absolute atomic E-state index is 10.2. The average Bonchev–Trinajstić information content (AvgIpc) is 2.73. The SMILES string of the molecule is C[C@H]1CO[C@]2([NH+]=C(N)[C@@]3(C#N)[C@](C)(c4cccc(Cl)c4)[C@@]23C#N)O1. The highest BCUT2D eigenvalue weighted by molar-refractivity contribution is 6.30. The summed E-state index contributed by atoms with van der Waals surface area (Å²) in [5, 5.41) is 20.7. The first kappa shape index (κ1) is 15.4. The maximum atomic E-state index is 10.2. The topological polar surface area (TPSA) is 106 Å². The first-order chi connectivity index (χ1) is 11.3. The third kappa shape index (κ3) is 1.23. The van der Waals surface area contributed by atoms with Crippen molar-refractivity contribution in [1.29, 1.82) is 10.5 Å². The van der Waals surface area contributed by atoms with Gasteiger partial charge in [0.25, 0.3) is 5.84 Å². The van der Waals surface area contributed by atoms with Gasteiger partial charge in [-0.25, -0.2) is 4.99 Å². The van der Waals surface area contributed by atoms with Crippen LogP contribution in [0.15, 0.2) is 24.3 Å². The predicted molar refractivity (Wildman–Crippen MR) is 84.3 cm³/mol. The third-order valence-electron chi connectivity index (χ3n) is 5.82. The Morgan fingerprint density at radius 3 is 2.67 bits per heavy atom. The van der Waals surface area contributed by atoms with Gasteiger partial charge in [-0.3, -0.25) is 5.73 Å². The van der Waals surface area contributed by atoms with Crippen LogP contribution in [0.25, 0.3) is 0 Å². The lowest BCUT2D eigenvalue weighted by Gasteiger charge is -2.27. The van der Waals surface area contributed by atoms with Gasteiger partial charge in [-0.15, -0.1) is 0 Å². The van der Waals surface area contributed by atoms with Crippen molar-refractivity contribution in [1.82, 2.24) is 0 Å². The van der Waals surface area contributed by atoms with Crippen molar-refractivity contribution < 1.29 is 14.5 Å². The van der Waals surface area contributed by atoms with Crippen molar-refractivity contribution >= 4 is 17.4 Å². The molecule has 0 aromatic heterocycles. The van der Waals surface area contributed by atoms with Crippen LogP contribution < -0.4 is 10.7 Å². The van der Waals surface area contributed by atoms with Crippen LogP contribution in [0.1, 0.15) is 19.4 Å². The van der Waals surface area contributed by atoms with Crippen LogP contribution in [-0.2, 0) is 14.9 Å². The fourth-order valence-corrected chi connectivity index (χ4v) is 4.93. The van der Waals surface area contributed by atoms with Gasteiger partial charge in [-0.2, -0.15) is 10.5 Å². The largest absolute Gasteiger partial charge is 0.344 e. The van der Waals surface area contributed by atoms with Gasteiger partial charge in [0.15, 0.2) is 10.8 Å². The monoisotopic (exact) mass is 343 g/mol. The number of benzene rings is 1. The molecular formula is C17H16ClN4O2+. The second kappa shape index (κ2) is 4.29. The van der Waals surface area contributed by atoms with Crippen LogP contribution >= 0.6 is 11.6 Å². The molecule has 1 saturated heterocycles. The number of nitriles is 2. The average molecular weight is 344 g/mol. The minimum atomic E-state index is -1.43. The highest BCUT2D eigenvalue weighted by atomic mass is 35.5. The lowest BCUT2D eigenvalue weighted by Crippen LogP contribution is -2.90. The summed E-state index contributed by atoms with van der Waals surface area (Å²) in [5.41, 5.74) is 3.50. The van der Waals surface area contributed by atoms with E-state index in [0.29, 0.717) is 11.6 Å². The summed E-state index contributed by atoms with van der Waals surface area (Å²) in [7, 11) is 0. The third-order valence-corrected chi connectivity index (χ3v) is 6.06. The van der Waals surface area contributed by atoms with Gasteiger partial charge < -0.3 is 9.47 Å². The van der Waals surface area contributed by atoms with E-state index >= 15 is 0 Å². The summed E-state index contributed by atoms with van der Waals surface area (Å²) in [6.45, 7) is 4.01. The molecule has 1 aliphatic carbocycles. The van der Waals surface area contributed by atoms with E-state index in [1.165, 1.54) is 0 Å². The quantitative estimate of drug-likeness (QED) is 0.756. The number of nitrogens with zero attached hydrogens (tertiary/aromatic N) is 2. The van der Waals surface area contributed by atoms with E-state index in [-0.39, 0.29) is 11.9 Å². The molecule has 2 fully saturated rings. The summed E-state index contributed by atoms with van der Waals surface area (Å²) in [6, 6.07) is 11.8. The smallest absolute Gasteiger partial charge is 0.311 e. The molecule has 3 aliphatic rings. The van der Waals surface area contributed by atoms with Crippen LogP contribution in [0, 0.1) is 33.5 Å². The van der Waals surface area contributed by atoms with E-state index < -0.39 is 22.2 Å². The Hall–Kier alpha value is -2.12. The van der Waals surface area contributed by atoms with E-state index in [4.69, 9.17) is 26.8 Å². The fraction of sp³-hybridized carbons (Fsp3) is 0.471. The first-order valence-corrected chi connectivity index (χ1v) is 8.04. The van der Waals surface area contributed by atoms with Crippen molar-refractivity contribution in [2.75, 3.05) is 6.61 Å². The molecule has 1 aromatic rings. The molecule has 4 rings (SSSR count). The Kier molecular flexibility index (Phi) is 2.75. The van der Waals surface area contributed by atoms with E-state index in [1.54, 1.807) is 18.2 Å². The number of nitrogens with two attached hydrogens (primary N) is 1. The predicted octanol–water partition coefficient (Wildman–Crippen LogP) is 0.172. The lowest BCUT2D eigenvalue weighted by molar-refractivity contribution is -0.679. The molecule has 24 heavy (non-hydrogen) atoms. The first-order valence-electron chi connectivity index (χ1n) is 7.66. The molecular weight excluding hydrogens is 328 g/mol. The van der Waals surface area contributed by atoms with E-state index in [9.17, 15) is 10.5 Å². The molecule has 0 bridgehead atoms. The number of rotatable bonds is 1. The van der Waals surface area contributed by atoms with E-state index in [2.05, 4.69) is 17.1 Å². The Morgan fingerprint density at radius 1 is 1.38 bits per heavy atom. The van der Waals surface area contributed by atoms with Crippen molar-refractivity contribution in [2.24, 2.45) is 16.6 Å². The molecule has 1 spiro atoms. The Bertz CT molecular complexity index is 874. The number of halogens is 1. The molecule has 1 saturated carbocycles. The highest BCUT2D eigenvalue weighted by Gasteiger charge is 3.03. The van der Waals surface area contributed by atoms with E-state index in [1.807, 2.05) is 19.9 Å². The zero-order valence-electron chi connectivity index (χ0n) is 13.3. The Balaban J connectivity index is 2.00. The molecule has 1 aromatic carbocycles. The Labute approximate surface area is 144 Å². The number of hydrogen-bond donors (Lipinski definition) is 2. The fourth-order valence-electron chi connectivity index (χ4n) is 4.74. The summed E-state index contributed by atoms with van der Waals surface area (Å²) in [4.78, 5) is 2.95. The highest BCUT2D eigenvalue weighted by Crippen LogP contribution is 2.82. The van der Waals surface area contributed by atoms with Crippen molar-refractivity contribution in [3.63, 3.8) is 0 Å². The van der Waals surface area contributed by atoms with Crippen LogP contribution in [0.5, 0.6) is 0 Å². The summed E-state index contributed by atoms with van der Waals surface area (Å²) >= 11 is 6.14. The zero-order valence-corrected chi connectivity index (χ0v) is 14.0. The number of nitrogens with one attached hydrogen (secondary N) is 1. The molecule has 2 aliphatic heterocycles. The number of fused-ring (bicyclic) bond motifs is 2. The minimum absolute atomic E-state index is 0.197. The molecule has 7 heteroatoms. The minimum Gasteiger partial charge on any atom is -0.311 e. The lowest BCUT2D eigenvalue weighted by atomic mass is 9.84. The van der Waals surface area contributed by atoms with Gasteiger partial charge in [-0.1, -0.05) is 30.7 Å². The van der Waals surface area contributed by atoms with Crippen LogP contribution in [0.4, 0.5) is 0 Å². The van der Waals surface area contributed by atoms with Crippen molar-refractivity contribution in [3.05, 3.63) is 34.9 Å². The van der Waals surface area contributed by atoms with Crippen LogP contribution in [0.3, 0.4) is 0 Å². The van der Waals surface area contributed by atoms with Crippen LogP contribution in [0.2, 0.25) is 5.02 Å². The van der Waals surface area contributed by atoms with Crippen molar-refractivity contribution in [3.8, 4) is 12.1 Å². The molecule has 122 valence electrons. The standard InChI is InChI=1S/C17H15ClN4O2/c1-10-7-23-17(24-10)16(9-20)14(2,11-4-3-5-12(18)6-11)15(16,8-19)13(21)22-17/h3-6,10H,7H2,1-2H3,(H2,21,22)/p+1/t10-,14-,15-,16+,17-/m0/s1. The zero-order chi connectivity index (χ0) is 17.4. The van der Waals surface area contributed by atoms with E-state index in [0.717, 1.165) is 5.56 Å². The molecule has 5 atom stereocenters. The van der Waals surface area contributed by atoms with Gasteiger partial charge >= 0.3 is 5.91 Å². The normalized spacial score (nSPS) is 45.4. The molecule has 0 radical (unpaired) electrons. The van der Waals surface area contributed by atoms with Gasteiger partial charge in [0.2, 0.25) is 0 Å². The molecule has 0 unspecified atom stereocenters. The second-order valence-electron chi connectivity index (χ2n) is 6.75. The number of hydrogen-bond acceptors (Lipinski definition) is 5. The Morgan fingerprint density at radius 2 is 2.12 bits per heavy atom. The molecule has 3 N–H and O–H groups in total. The number of ether oxygens (including phenoxy) is 2. The molecule has 6 nitrogen and oxygen atoms in total. The summed E-state index contributed by atoms with van der Waals surface area (Å²) in [5.74, 6) is -1.24. The van der Waals surface area contributed by atoms with Gasteiger partial charge in [0.1, 0.15) is 0 Å². The summed E-state index contributed by atoms with van der Waals surface area (Å²) in [6.07, 6.45) is -0.214. The maximum Gasteiger partial charge on any atom is 0.344 e. The molecule has 0 amide bonds. The number of amidine groups is 1.